The topological polar surface area (TPSA) is 74.5 Å². The molecule has 2 heterocycles. The summed E-state index contributed by atoms with van der Waals surface area (Å²) in [5.41, 5.74) is 6.78. The lowest BCUT2D eigenvalue weighted by molar-refractivity contribution is 0.227. The number of hydrogen-bond donors (Lipinski definition) is 0. The summed E-state index contributed by atoms with van der Waals surface area (Å²) in [4.78, 5) is 2.43. The van der Waals surface area contributed by atoms with Gasteiger partial charge in [0.25, 0.3) is 0 Å². The van der Waals surface area contributed by atoms with E-state index < -0.39 is 0 Å². The van der Waals surface area contributed by atoms with Gasteiger partial charge in [0.1, 0.15) is 5.75 Å². The molecule has 1 aliphatic carbocycles. The molecule has 172 valence electrons. The number of likely N-dealkylation sites (N-methyl/N-ethyl adjacent to an activating group) is 1. The van der Waals surface area contributed by atoms with Gasteiger partial charge in [-0.05, 0) is 82.9 Å². The van der Waals surface area contributed by atoms with Crippen molar-refractivity contribution in [2.24, 2.45) is 0 Å². The van der Waals surface area contributed by atoms with Gasteiger partial charge < -0.3 is 14.2 Å². The zero-order valence-electron chi connectivity index (χ0n) is 19.4. The quantitative estimate of drug-likeness (QED) is 0.446. The minimum atomic E-state index is 0.272. The van der Waals surface area contributed by atoms with E-state index in [-0.39, 0.29) is 6.01 Å². The number of rotatable bonds is 5. The standard InChI is InChI=1S/C26H25N5O3/c1-30-12-11-17-13-19(32-2)15-20-23(17)21(30)14-16-9-10-22(33-3)25(24(16)20)34-26-27-28-29-31(26)18-7-5-4-6-8-18/h4-10,13,15,21H,11-12,14H2,1-3H3/t21-/m0/s1. The molecule has 8 nitrogen and oxygen atoms in total. The van der Waals surface area contributed by atoms with Crippen LogP contribution in [-0.4, -0.2) is 52.9 Å². The minimum absolute atomic E-state index is 0.272. The van der Waals surface area contributed by atoms with Gasteiger partial charge in [-0.25, -0.2) is 0 Å². The molecule has 6 rings (SSSR count). The van der Waals surface area contributed by atoms with E-state index in [9.17, 15) is 0 Å². The van der Waals surface area contributed by atoms with E-state index in [0.29, 0.717) is 17.5 Å². The molecule has 0 saturated heterocycles. The van der Waals surface area contributed by atoms with Crippen LogP contribution in [0.3, 0.4) is 0 Å². The van der Waals surface area contributed by atoms with Crippen molar-refractivity contribution in [1.82, 2.24) is 25.1 Å². The molecular formula is C26H25N5O3. The van der Waals surface area contributed by atoms with Crippen molar-refractivity contribution in [3.63, 3.8) is 0 Å². The highest BCUT2D eigenvalue weighted by Gasteiger charge is 2.36. The number of aromatic nitrogens is 4. The van der Waals surface area contributed by atoms with Crippen LogP contribution in [0, 0.1) is 0 Å². The number of ether oxygens (including phenoxy) is 3. The Hall–Kier alpha value is -3.91. The molecular weight excluding hydrogens is 430 g/mol. The van der Waals surface area contributed by atoms with Gasteiger partial charge in [0.15, 0.2) is 11.5 Å². The molecule has 0 unspecified atom stereocenters. The Morgan fingerprint density at radius 3 is 2.62 bits per heavy atom. The summed E-state index contributed by atoms with van der Waals surface area (Å²) < 4.78 is 19.5. The van der Waals surface area contributed by atoms with Crippen LogP contribution in [0.15, 0.2) is 54.6 Å². The fraction of sp³-hybridized carbons (Fsp3) is 0.269. The zero-order valence-corrected chi connectivity index (χ0v) is 19.4. The van der Waals surface area contributed by atoms with Crippen molar-refractivity contribution in [3.05, 3.63) is 71.3 Å². The average Bonchev–Trinajstić information content (AvgIpc) is 3.34. The maximum atomic E-state index is 6.46. The third-order valence-corrected chi connectivity index (χ3v) is 6.82. The first-order valence-corrected chi connectivity index (χ1v) is 11.3. The lowest BCUT2D eigenvalue weighted by Crippen LogP contribution is -2.35. The van der Waals surface area contributed by atoms with Gasteiger partial charge in [0.2, 0.25) is 0 Å². The molecule has 0 amide bonds. The lowest BCUT2D eigenvalue weighted by Gasteiger charge is -2.40. The summed E-state index contributed by atoms with van der Waals surface area (Å²) in [6.07, 6.45) is 1.87. The zero-order chi connectivity index (χ0) is 23.2. The smallest absolute Gasteiger partial charge is 0.346 e. The van der Waals surface area contributed by atoms with E-state index >= 15 is 0 Å². The Kier molecular flexibility index (Phi) is 4.95. The molecule has 8 heteroatoms. The molecule has 0 N–H and O–H groups in total. The Labute approximate surface area is 197 Å². The molecule has 4 aromatic rings. The monoisotopic (exact) mass is 455 g/mol. The van der Waals surface area contributed by atoms with E-state index in [1.165, 1.54) is 16.7 Å². The molecule has 0 spiro atoms. The molecule has 34 heavy (non-hydrogen) atoms. The average molecular weight is 456 g/mol. The number of nitrogens with zero attached hydrogens (tertiary/aromatic N) is 5. The first-order valence-electron chi connectivity index (χ1n) is 11.3. The summed E-state index contributed by atoms with van der Waals surface area (Å²) in [5.74, 6) is 2.07. The maximum Gasteiger partial charge on any atom is 0.346 e. The maximum absolute atomic E-state index is 6.46. The van der Waals surface area contributed by atoms with Crippen LogP contribution >= 0.6 is 0 Å². The Balaban J connectivity index is 1.55. The van der Waals surface area contributed by atoms with Crippen molar-refractivity contribution in [2.45, 2.75) is 18.9 Å². The van der Waals surface area contributed by atoms with Crippen molar-refractivity contribution in [1.29, 1.82) is 0 Å². The van der Waals surface area contributed by atoms with Gasteiger partial charge in [0, 0.05) is 18.2 Å². The predicted octanol–water partition coefficient (Wildman–Crippen LogP) is 4.22. The van der Waals surface area contributed by atoms with Crippen molar-refractivity contribution in [2.75, 3.05) is 27.8 Å². The number of hydrogen-bond acceptors (Lipinski definition) is 7. The summed E-state index contributed by atoms with van der Waals surface area (Å²) in [6.45, 7) is 1.02. The normalized spacial score (nSPS) is 16.5. The third-order valence-electron chi connectivity index (χ3n) is 6.82. The van der Waals surface area contributed by atoms with E-state index in [1.54, 1.807) is 18.9 Å². The molecule has 2 aliphatic rings. The molecule has 3 aromatic carbocycles. The van der Waals surface area contributed by atoms with Crippen LogP contribution in [0.2, 0.25) is 0 Å². The highest BCUT2D eigenvalue weighted by molar-refractivity contribution is 5.84. The van der Waals surface area contributed by atoms with Crippen LogP contribution in [0.25, 0.3) is 16.8 Å². The van der Waals surface area contributed by atoms with E-state index in [2.05, 4.69) is 45.7 Å². The first kappa shape index (κ1) is 20.7. The molecule has 1 aromatic heterocycles. The second-order valence-corrected chi connectivity index (χ2v) is 8.64. The highest BCUT2D eigenvalue weighted by atomic mass is 16.5. The summed E-state index contributed by atoms with van der Waals surface area (Å²) >= 11 is 0. The SMILES string of the molecule is COc1cc2c3c(c1)-c1c(ccc(OC)c1Oc1nnnn1-c1ccccc1)C[C@@H]3N(C)CC2. The van der Waals surface area contributed by atoms with E-state index in [4.69, 9.17) is 14.2 Å². The van der Waals surface area contributed by atoms with Gasteiger partial charge in [0.05, 0.1) is 19.9 Å². The number of benzene rings is 3. The second kappa shape index (κ2) is 8.14. The Morgan fingerprint density at radius 1 is 0.971 bits per heavy atom. The van der Waals surface area contributed by atoms with Gasteiger partial charge in [-0.2, -0.15) is 4.68 Å². The van der Waals surface area contributed by atoms with Crippen LogP contribution in [0.4, 0.5) is 0 Å². The van der Waals surface area contributed by atoms with E-state index in [1.807, 2.05) is 36.4 Å². The molecule has 0 saturated carbocycles. The molecule has 1 aliphatic heterocycles. The third kappa shape index (κ3) is 3.21. The largest absolute Gasteiger partial charge is 0.497 e. The molecule has 1 atom stereocenters. The summed E-state index contributed by atoms with van der Waals surface area (Å²) in [6, 6.07) is 18.6. The van der Waals surface area contributed by atoms with Gasteiger partial charge in [-0.3, -0.25) is 4.90 Å². The lowest BCUT2D eigenvalue weighted by atomic mass is 9.76. The summed E-state index contributed by atoms with van der Waals surface area (Å²) in [5, 5.41) is 12.2. The van der Waals surface area contributed by atoms with Crippen molar-refractivity contribution in [3.8, 4) is 40.1 Å². The van der Waals surface area contributed by atoms with Crippen LogP contribution in [0.5, 0.6) is 23.3 Å². The molecule has 0 bridgehead atoms. The molecule has 0 fully saturated rings. The van der Waals surface area contributed by atoms with Crippen molar-refractivity contribution < 1.29 is 14.2 Å². The van der Waals surface area contributed by atoms with Crippen LogP contribution in [-0.2, 0) is 12.8 Å². The number of para-hydroxylation sites is 1. The van der Waals surface area contributed by atoms with Gasteiger partial charge in [-0.1, -0.05) is 29.4 Å². The van der Waals surface area contributed by atoms with Gasteiger partial charge >= 0.3 is 6.01 Å². The first-order chi connectivity index (χ1) is 16.7. The van der Waals surface area contributed by atoms with E-state index in [0.717, 1.165) is 42.0 Å². The number of fused-ring (bicyclic) bond motifs is 2. The van der Waals surface area contributed by atoms with Crippen LogP contribution in [0.1, 0.15) is 22.7 Å². The number of tetrazole rings is 1. The van der Waals surface area contributed by atoms with Gasteiger partial charge in [-0.15, -0.1) is 0 Å². The Bertz CT molecular complexity index is 1370. The highest BCUT2D eigenvalue weighted by Crippen LogP contribution is 2.52. The fourth-order valence-electron chi connectivity index (χ4n) is 5.15. The Morgan fingerprint density at radius 2 is 1.82 bits per heavy atom. The van der Waals surface area contributed by atoms with Crippen molar-refractivity contribution >= 4 is 0 Å². The fourth-order valence-corrected chi connectivity index (χ4v) is 5.15. The van der Waals surface area contributed by atoms with Crippen LogP contribution < -0.4 is 14.2 Å². The predicted molar refractivity (Wildman–Crippen MR) is 127 cm³/mol. The minimum Gasteiger partial charge on any atom is -0.497 e. The summed E-state index contributed by atoms with van der Waals surface area (Å²) in [7, 11) is 5.55. The number of methoxy groups -OCH3 is 2. The second-order valence-electron chi connectivity index (χ2n) is 8.64. The molecule has 0 radical (unpaired) electrons.